The molecule has 0 aromatic heterocycles. The van der Waals surface area contributed by atoms with Crippen LogP contribution >= 0.6 is 0 Å². The summed E-state index contributed by atoms with van der Waals surface area (Å²) in [5, 5.41) is 0. The summed E-state index contributed by atoms with van der Waals surface area (Å²) in [6, 6.07) is 9.78. The zero-order valence-electron chi connectivity index (χ0n) is 6.64. The lowest BCUT2D eigenvalue weighted by atomic mass is 10.2. The highest BCUT2D eigenvalue weighted by Crippen LogP contribution is 1.99. The average Bonchev–Trinajstić information content (AvgIpc) is 2.14. The molecule has 62 valence electrons. The molecule has 2 nitrogen and oxygen atoms in total. The monoisotopic (exact) mass is 162 g/mol. The van der Waals surface area contributed by atoms with Gasteiger partial charge in [0, 0.05) is 6.08 Å². The van der Waals surface area contributed by atoms with E-state index in [9.17, 15) is 4.79 Å². The van der Waals surface area contributed by atoms with E-state index in [-0.39, 0.29) is 0 Å². The van der Waals surface area contributed by atoms with Gasteiger partial charge in [0.25, 0.3) is 0 Å². The Bertz CT molecular complexity index is 252. The van der Waals surface area contributed by atoms with Gasteiger partial charge in [0.1, 0.15) is 12.9 Å². The molecule has 0 heterocycles. The number of benzene rings is 1. The summed E-state index contributed by atoms with van der Waals surface area (Å²) >= 11 is 0. The molecule has 1 aromatic rings. The summed E-state index contributed by atoms with van der Waals surface area (Å²) in [5.74, 6) is 0. The molecule has 12 heavy (non-hydrogen) atoms. The molecule has 1 aromatic carbocycles. The van der Waals surface area contributed by atoms with Crippen LogP contribution in [-0.2, 0) is 16.1 Å². The van der Waals surface area contributed by atoms with E-state index in [0.717, 1.165) is 5.56 Å². The van der Waals surface area contributed by atoms with Crippen molar-refractivity contribution in [2.24, 2.45) is 0 Å². The Kier molecular flexibility index (Phi) is 3.64. The van der Waals surface area contributed by atoms with Crippen molar-refractivity contribution in [1.29, 1.82) is 0 Å². The zero-order valence-corrected chi connectivity index (χ0v) is 6.64. The quantitative estimate of drug-likeness (QED) is 0.384. The fourth-order valence-electron chi connectivity index (χ4n) is 0.806. The van der Waals surface area contributed by atoms with Crippen molar-refractivity contribution in [3.05, 3.63) is 48.2 Å². The van der Waals surface area contributed by atoms with Crippen LogP contribution in [0, 0.1) is 0 Å². The smallest absolute Gasteiger partial charge is 0.145 e. The zero-order chi connectivity index (χ0) is 8.65. The number of ether oxygens (including phenoxy) is 1. The van der Waals surface area contributed by atoms with Crippen molar-refractivity contribution in [1.82, 2.24) is 0 Å². The number of hydrogen-bond acceptors (Lipinski definition) is 2. The Labute approximate surface area is 71.5 Å². The second kappa shape index (κ2) is 5.13. The van der Waals surface area contributed by atoms with Crippen molar-refractivity contribution in [3.63, 3.8) is 0 Å². The van der Waals surface area contributed by atoms with Crippen molar-refractivity contribution in [2.45, 2.75) is 6.61 Å². The fourth-order valence-corrected chi connectivity index (χ4v) is 0.806. The van der Waals surface area contributed by atoms with Gasteiger partial charge in [0.2, 0.25) is 0 Å². The summed E-state index contributed by atoms with van der Waals surface area (Å²) in [4.78, 5) is 9.85. The molecule has 0 amide bonds. The van der Waals surface area contributed by atoms with Crippen LogP contribution in [0.2, 0.25) is 0 Å². The van der Waals surface area contributed by atoms with Gasteiger partial charge in [-0.2, -0.15) is 0 Å². The van der Waals surface area contributed by atoms with Gasteiger partial charge in [-0.25, -0.2) is 0 Å². The largest absolute Gasteiger partial charge is 0.496 e. The van der Waals surface area contributed by atoms with Crippen molar-refractivity contribution in [3.8, 4) is 0 Å². The molecule has 0 aliphatic rings. The van der Waals surface area contributed by atoms with Gasteiger partial charge in [-0.3, -0.25) is 4.79 Å². The highest BCUT2D eigenvalue weighted by atomic mass is 16.5. The molecule has 0 N–H and O–H groups in total. The third kappa shape index (κ3) is 3.01. The molecule has 0 fully saturated rings. The fraction of sp³-hybridized carbons (Fsp3) is 0.100. The van der Waals surface area contributed by atoms with Crippen LogP contribution in [0.1, 0.15) is 5.56 Å². The molecule has 0 saturated heterocycles. The third-order valence-corrected chi connectivity index (χ3v) is 1.35. The highest BCUT2D eigenvalue weighted by Gasteiger charge is 1.86. The lowest BCUT2D eigenvalue weighted by Gasteiger charge is -1.98. The molecule has 0 unspecified atom stereocenters. The minimum atomic E-state index is 0.505. The first-order chi connectivity index (χ1) is 5.93. The first kappa shape index (κ1) is 8.53. The van der Waals surface area contributed by atoms with Crippen LogP contribution in [-0.4, -0.2) is 6.29 Å². The molecule has 2 heteroatoms. The van der Waals surface area contributed by atoms with Crippen LogP contribution < -0.4 is 0 Å². The molecular weight excluding hydrogens is 152 g/mol. The molecule has 0 radical (unpaired) electrons. The Hall–Kier alpha value is -1.57. The second-order valence-electron chi connectivity index (χ2n) is 2.26. The minimum absolute atomic E-state index is 0.505. The minimum Gasteiger partial charge on any atom is -0.496 e. The maximum atomic E-state index is 9.85. The summed E-state index contributed by atoms with van der Waals surface area (Å²) in [6.07, 6.45) is 3.40. The van der Waals surface area contributed by atoms with Crippen LogP contribution in [0.25, 0.3) is 0 Å². The van der Waals surface area contributed by atoms with Gasteiger partial charge >= 0.3 is 0 Å². The highest BCUT2D eigenvalue weighted by molar-refractivity contribution is 5.64. The molecule has 1 rings (SSSR count). The van der Waals surface area contributed by atoms with Gasteiger partial charge in [0.05, 0.1) is 6.26 Å². The first-order valence-corrected chi connectivity index (χ1v) is 3.69. The van der Waals surface area contributed by atoms with Gasteiger partial charge in [0.15, 0.2) is 0 Å². The Morgan fingerprint density at radius 3 is 2.67 bits per heavy atom. The normalized spacial score (nSPS) is 10.0. The lowest BCUT2D eigenvalue weighted by Crippen LogP contribution is -1.84. The SMILES string of the molecule is O=C/C=C/OCc1ccccc1. The maximum Gasteiger partial charge on any atom is 0.145 e. The van der Waals surface area contributed by atoms with Gasteiger partial charge in [-0.15, -0.1) is 0 Å². The maximum absolute atomic E-state index is 9.85. The van der Waals surface area contributed by atoms with Crippen molar-refractivity contribution in [2.75, 3.05) is 0 Å². The Morgan fingerprint density at radius 1 is 1.25 bits per heavy atom. The predicted molar refractivity (Wildman–Crippen MR) is 46.4 cm³/mol. The molecule has 0 bridgehead atoms. The van der Waals surface area contributed by atoms with E-state index in [0.29, 0.717) is 12.9 Å². The lowest BCUT2D eigenvalue weighted by molar-refractivity contribution is -0.104. The molecule has 0 atom stereocenters. The van der Waals surface area contributed by atoms with Gasteiger partial charge in [-0.1, -0.05) is 30.3 Å². The predicted octanol–water partition coefficient (Wildman–Crippen LogP) is 1.92. The van der Waals surface area contributed by atoms with E-state index in [1.54, 1.807) is 0 Å². The Balaban J connectivity index is 2.33. The molecule has 0 spiro atoms. The molecule has 0 aliphatic heterocycles. The van der Waals surface area contributed by atoms with E-state index in [4.69, 9.17) is 4.74 Å². The summed E-state index contributed by atoms with van der Waals surface area (Å²) in [5.41, 5.74) is 1.09. The second-order valence-corrected chi connectivity index (χ2v) is 2.26. The van der Waals surface area contributed by atoms with Crippen LogP contribution in [0.15, 0.2) is 42.7 Å². The first-order valence-electron chi connectivity index (χ1n) is 3.69. The van der Waals surface area contributed by atoms with E-state index in [2.05, 4.69) is 0 Å². The molecule has 0 aliphatic carbocycles. The van der Waals surface area contributed by atoms with Crippen molar-refractivity contribution < 1.29 is 9.53 Å². The molecular formula is C10H10O2. The Morgan fingerprint density at radius 2 is 2.00 bits per heavy atom. The van der Waals surface area contributed by atoms with Crippen LogP contribution in [0.3, 0.4) is 0 Å². The van der Waals surface area contributed by atoms with Gasteiger partial charge in [-0.05, 0) is 5.56 Å². The summed E-state index contributed by atoms with van der Waals surface area (Å²) in [6.45, 7) is 0.505. The number of rotatable bonds is 4. The third-order valence-electron chi connectivity index (χ3n) is 1.35. The van der Waals surface area contributed by atoms with Crippen LogP contribution in [0.5, 0.6) is 0 Å². The topological polar surface area (TPSA) is 26.3 Å². The van der Waals surface area contributed by atoms with Gasteiger partial charge < -0.3 is 4.74 Å². The summed E-state index contributed by atoms with van der Waals surface area (Å²) in [7, 11) is 0. The van der Waals surface area contributed by atoms with Crippen molar-refractivity contribution >= 4 is 6.29 Å². The molecule has 0 saturated carbocycles. The van der Waals surface area contributed by atoms with E-state index in [1.165, 1.54) is 12.3 Å². The van der Waals surface area contributed by atoms with E-state index < -0.39 is 0 Å². The average molecular weight is 162 g/mol. The van der Waals surface area contributed by atoms with Crippen LogP contribution in [0.4, 0.5) is 0 Å². The number of carbonyl (C=O) groups is 1. The summed E-state index contributed by atoms with van der Waals surface area (Å²) < 4.78 is 5.05. The van der Waals surface area contributed by atoms with E-state index >= 15 is 0 Å². The number of allylic oxidation sites excluding steroid dienone is 1. The number of carbonyl (C=O) groups excluding carboxylic acids is 1. The van der Waals surface area contributed by atoms with E-state index in [1.807, 2.05) is 30.3 Å². The number of aldehydes is 1. The standard InChI is InChI=1S/C10H10O2/c11-7-4-8-12-9-10-5-2-1-3-6-10/h1-8H,9H2/b8-4+. The number of hydrogen-bond donors (Lipinski definition) is 0.